The van der Waals surface area contributed by atoms with Gasteiger partial charge < -0.3 is 34.2 Å². The average molecular weight is 485 g/mol. The Hall–Kier alpha value is -3.33. The van der Waals surface area contributed by atoms with Crippen molar-refractivity contribution < 1.29 is 21.1 Å². The molecule has 30 heavy (non-hydrogen) atoms. The van der Waals surface area contributed by atoms with E-state index in [1.807, 2.05) is 36.8 Å². The summed E-state index contributed by atoms with van der Waals surface area (Å²) >= 11 is 0. The van der Waals surface area contributed by atoms with Crippen LogP contribution in [0.3, 0.4) is 0 Å². The van der Waals surface area contributed by atoms with Gasteiger partial charge in [-0.15, -0.1) is 0 Å². The Morgan fingerprint density at radius 3 is 1.43 bits per heavy atom. The molecule has 0 fully saturated rings. The number of rotatable bonds is 3. The van der Waals surface area contributed by atoms with Crippen LogP contribution in [0.4, 0.5) is 0 Å². The number of hydrogen-bond acceptors (Lipinski definition) is 5. The van der Waals surface area contributed by atoms with Gasteiger partial charge in [0.05, 0.1) is 0 Å². The maximum absolute atomic E-state index is 7.25. The van der Waals surface area contributed by atoms with Gasteiger partial charge in [-0.25, -0.2) is 15.3 Å². The van der Waals surface area contributed by atoms with Crippen molar-refractivity contribution >= 4 is 7.12 Å². The van der Waals surface area contributed by atoms with Crippen LogP contribution in [-0.4, -0.2) is 41.2 Å². The SMILES string of the molecule is C1=CCCC=C1.[Mo+3].[N-]=O.c1c[n-]cn1.c1cnn([B-](n2cccn2)n2cccn2)c1. The van der Waals surface area contributed by atoms with Crippen LogP contribution in [0.1, 0.15) is 12.8 Å². The van der Waals surface area contributed by atoms with Crippen molar-refractivity contribution in [3.63, 3.8) is 0 Å². The van der Waals surface area contributed by atoms with Crippen LogP contribution in [0.25, 0.3) is 5.59 Å². The van der Waals surface area contributed by atoms with E-state index in [1.165, 1.54) is 19.2 Å². The second-order valence-corrected chi connectivity index (χ2v) is 5.45. The van der Waals surface area contributed by atoms with Crippen LogP contribution >= 0.6 is 0 Å². The molecule has 4 aromatic heterocycles. The van der Waals surface area contributed by atoms with Crippen molar-refractivity contribution in [2.24, 2.45) is 0 Å². The van der Waals surface area contributed by atoms with E-state index >= 15 is 0 Å². The van der Waals surface area contributed by atoms with E-state index in [2.05, 4.69) is 49.6 Å². The van der Waals surface area contributed by atoms with Gasteiger partial charge in [0.15, 0.2) is 0 Å². The maximum Gasteiger partial charge on any atom is 3.00 e. The summed E-state index contributed by atoms with van der Waals surface area (Å²) in [6, 6.07) is 5.62. The molecule has 0 N–H and O–H groups in total. The van der Waals surface area contributed by atoms with Gasteiger partial charge in [-0.05, 0) is 49.6 Å². The van der Waals surface area contributed by atoms with Crippen LogP contribution in [0.2, 0.25) is 0 Å². The summed E-state index contributed by atoms with van der Waals surface area (Å²) < 4.78 is 5.38. The van der Waals surface area contributed by atoms with Crippen molar-refractivity contribution in [1.29, 1.82) is 0 Å². The predicted molar refractivity (Wildman–Crippen MR) is 110 cm³/mol. The third kappa shape index (κ3) is 8.36. The molecule has 1 aliphatic carbocycles. The largest absolute Gasteiger partial charge is 3.00 e. The number of allylic oxidation sites excluding steroid dienone is 4. The summed E-state index contributed by atoms with van der Waals surface area (Å²) in [6.45, 7) is 0. The van der Waals surface area contributed by atoms with Gasteiger partial charge >= 0.3 is 21.1 Å². The molecule has 0 spiro atoms. The van der Waals surface area contributed by atoms with E-state index in [9.17, 15) is 0 Å². The molecule has 4 aromatic rings. The van der Waals surface area contributed by atoms with Crippen LogP contribution < -0.4 is 4.98 Å². The fourth-order valence-corrected chi connectivity index (χ4v) is 2.35. The maximum atomic E-state index is 7.25. The zero-order valence-corrected chi connectivity index (χ0v) is 18.1. The van der Waals surface area contributed by atoms with Crippen molar-refractivity contribution in [2.75, 3.05) is 0 Å². The summed E-state index contributed by atoms with van der Waals surface area (Å²) in [5.41, 5.74) is 5.75. The number of nitrogens with zero attached hydrogens (tertiary/aromatic N) is 9. The molecule has 0 aliphatic heterocycles. The average Bonchev–Trinajstić information content (AvgIpc) is 3.62. The summed E-state index contributed by atoms with van der Waals surface area (Å²) in [5.74, 6) is 0. The van der Waals surface area contributed by atoms with Gasteiger partial charge in [0, 0.05) is 18.6 Å². The second-order valence-electron chi connectivity index (χ2n) is 5.45. The normalized spacial score (nSPS) is 11.1. The molecule has 0 amide bonds. The van der Waals surface area contributed by atoms with Crippen LogP contribution in [0, 0.1) is 4.91 Å². The van der Waals surface area contributed by atoms with E-state index in [1.54, 1.807) is 44.8 Å². The Kier molecular flexibility index (Phi) is 12.8. The molecule has 10 nitrogen and oxygen atoms in total. The number of imidazole rings is 1. The first kappa shape index (κ1) is 24.7. The van der Waals surface area contributed by atoms with Gasteiger partial charge in [-0.2, -0.15) is 0 Å². The number of nitroso groups, excluding NO2 is 1. The zero-order valence-electron chi connectivity index (χ0n) is 16.1. The summed E-state index contributed by atoms with van der Waals surface area (Å²) in [5, 5.41) is 12.7. The summed E-state index contributed by atoms with van der Waals surface area (Å²) in [6.07, 6.45) is 26.6. The Morgan fingerprint density at radius 2 is 1.23 bits per heavy atom. The minimum atomic E-state index is -0.194. The third-order valence-electron chi connectivity index (χ3n) is 3.54. The molecule has 0 unspecified atom stereocenters. The molecule has 1 aliphatic rings. The third-order valence-corrected chi connectivity index (χ3v) is 3.54. The van der Waals surface area contributed by atoms with Crippen molar-refractivity contribution in [2.45, 2.75) is 12.8 Å². The zero-order chi connectivity index (χ0) is 20.6. The fourth-order valence-electron chi connectivity index (χ4n) is 2.35. The molecule has 0 bridgehead atoms. The predicted octanol–water partition coefficient (Wildman–Crippen LogP) is 2.46. The first-order chi connectivity index (χ1) is 14.4. The van der Waals surface area contributed by atoms with Gasteiger partial charge in [-0.1, -0.05) is 43.0 Å². The molecule has 2 radical (unpaired) electrons. The van der Waals surface area contributed by atoms with E-state index in [0.717, 1.165) is 0 Å². The smallest absolute Gasteiger partial charge is 0.577 e. The van der Waals surface area contributed by atoms with Gasteiger partial charge in [0.2, 0.25) is 0 Å². The standard InChI is InChI=1S/C9H9BN6.C6H8.C3H3N2.Mo.NO/c1-4-11-14(7-1)10(15-8-2-5-12-15)16-9-3-6-13-16;1-2-4-6-5-3-1;1-2-5-3-4-1;;1-2/h1-9H;1-4H,5-6H2;1-3H;;/q-1;;-1;+3;-1. The van der Waals surface area contributed by atoms with Gasteiger partial charge in [-0.3, -0.25) is 0 Å². The van der Waals surface area contributed by atoms with Crippen LogP contribution in [0.5, 0.6) is 0 Å². The monoisotopic (exact) mass is 487 g/mol. The quantitative estimate of drug-likeness (QED) is 0.412. The molecule has 12 heteroatoms. The minimum absolute atomic E-state index is 0. The second kappa shape index (κ2) is 15.6. The summed E-state index contributed by atoms with van der Waals surface area (Å²) in [7, 11) is -0.194. The van der Waals surface area contributed by atoms with Crippen molar-refractivity contribution in [3.8, 4) is 0 Å². The number of hydrogen-bond donors (Lipinski definition) is 0. The van der Waals surface area contributed by atoms with Crippen molar-refractivity contribution in [3.05, 3.63) is 109 Å². The van der Waals surface area contributed by atoms with E-state index < -0.39 is 0 Å². The minimum Gasteiger partial charge on any atom is -0.577 e. The molecule has 4 heterocycles. The first-order valence-corrected chi connectivity index (χ1v) is 8.79. The fraction of sp³-hybridized carbons (Fsp3) is 0.111. The number of aromatic nitrogens is 8. The molecule has 152 valence electrons. The molecule has 0 saturated carbocycles. The Morgan fingerprint density at radius 1 is 0.767 bits per heavy atom. The summed E-state index contributed by atoms with van der Waals surface area (Å²) in [4.78, 5) is 14.5. The molecule has 5 rings (SSSR count). The molecular weight excluding hydrogens is 465 g/mol. The molecule has 0 saturated heterocycles. The Labute approximate surface area is 188 Å². The van der Waals surface area contributed by atoms with E-state index in [-0.39, 0.29) is 28.2 Å². The topological polar surface area (TPSA) is 120 Å². The van der Waals surface area contributed by atoms with Crippen LogP contribution in [-0.2, 0) is 21.1 Å². The van der Waals surface area contributed by atoms with E-state index in [0.29, 0.717) is 0 Å². The molecule has 0 aromatic carbocycles. The Bertz CT molecular complexity index is 797. The van der Waals surface area contributed by atoms with Crippen LogP contribution in [0.15, 0.2) is 98.4 Å². The molecule has 0 atom stereocenters. The first-order valence-electron chi connectivity index (χ1n) is 8.79. The van der Waals surface area contributed by atoms with Gasteiger partial charge in [0.25, 0.3) is 7.12 Å². The van der Waals surface area contributed by atoms with Gasteiger partial charge in [0.1, 0.15) is 0 Å². The van der Waals surface area contributed by atoms with E-state index in [4.69, 9.17) is 10.5 Å². The Balaban J connectivity index is 0.000000266. The van der Waals surface area contributed by atoms with Crippen molar-refractivity contribution in [1.82, 2.24) is 39.0 Å². The molecular formula is C18H20BMoN9O.